The summed E-state index contributed by atoms with van der Waals surface area (Å²) < 4.78 is 13.0. The van der Waals surface area contributed by atoms with Crippen LogP contribution in [0.5, 0.6) is 0 Å². The molecule has 3 rings (SSSR count). The van der Waals surface area contributed by atoms with Crippen molar-refractivity contribution in [2.45, 2.75) is 38.8 Å². The lowest BCUT2D eigenvalue weighted by Gasteiger charge is -2.23. The van der Waals surface area contributed by atoms with Crippen molar-refractivity contribution in [3.05, 3.63) is 71.0 Å². The van der Waals surface area contributed by atoms with Gasteiger partial charge in [0.25, 0.3) is 5.91 Å². The summed E-state index contributed by atoms with van der Waals surface area (Å²) in [6, 6.07) is 13.9. The van der Waals surface area contributed by atoms with Crippen LogP contribution < -0.4 is 5.32 Å². The summed E-state index contributed by atoms with van der Waals surface area (Å²) >= 11 is 0. The van der Waals surface area contributed by atoms with Gasteiger partial charge in [-0.15, -0.1) is 0 Å². The molecule has 0 saturated heterocycles. The number of amides is 2. The Bertz CT molecular complexity index is 785. The Morgan fingerprint density at radius 1 is 1.12 bits per heavy atom. The number of hydrogen-bond donors (Lipinski definition) is 1. The zero-order valence-corrected chi connectivity index (χ0v) is 14.9. The van der Waals surface area contributed by atoms with Crippen molar-refractivity contribution in [2.75, 3.05) is 6.54 Å². The largest absolute Gasteiger partial charge is 0.352 e. The minimum atomic E-state index is -0.281. The van der Waals surface area contributed by atoms with E-state index in [-0.39, 0.29) is 30.1 Å². The van der Waals surface area contributed by atoms with E-state index >= 15 is 0 Å². The average Bonchev–Trinajstić information content (AvgIpc) is 3.46. The van der Waals surface area contributed by atoms with Crippen molar-refractivity contribution in [1.29, 1.82) is 0 Å². The first-order chi connectivity index (χ1) is 12.5. The van der Waals surface area contributed by atoms with Gasteiger partial charge >= 0.3 is 0 Å². The molecule has 0 aliphatic heterocycles. The zero-order chi connectivity index (χ0) is 18.5. The standard InChI is InChI=1S/C21H23FN2O2/c1-15-4-2-3-5-19(15)21(26)23-13-12-20(25)24(18-10-11-18)14-16-6-8-17(22)9-7-16/h2-9,18H,10-14H2,1H3,(H,23,26). The van der Waals surface area contributed by atoms with E-state index in [9.17, 15) is 14.0 Å². The highest BCUT2D eigenvalue weighted by atomic mass is 19.1. The highest BCUT2D eigenvalue weighted by molar-refractivity contribution is 5.95. The third-order valence-electron chi connectivity index (χ3n) is 4.59. The average molecular weight is 354 g/mol. The molecule has 0 unspecified atom stereocenters. The van der Waals surface area contributed by atoms with Crippen LogP contribution in [0.15, 0.2) is 48.5 Å². The number of aryl methyl sites for hydroxylation is 1. The van der Waals surface area contributed by atoms with Gasteiger partial charge in [-0.3, -0.25) is 9.59 Å². The van der Waals surface area contributed by atoms with Crippen molar-refractivity contribution in [3.63, 3.8) is 0 Å². The minimum Gasteiger partial charge on any atom is -0.352 e. The normalized spacial score (nSPS) is 13.3. The maximum absolute atomic E-state index is 13.0. The van der Waals surface area contributed by atoms with Crippen LogP contribution in [0.25, 0.3) is 0 Å². The lowest BCUT2D eigenvalue weighted by Crippen LogP contribution is -2.35. The van der Waals surface area contributed by atoms with E-state index in [4.69, 9.17) is 0 Å². The van der Waals surface area contributed by atoms with E-state index in [1.54, 1.807) is 18.2 Å². The topological polar surface area (TPSA) is 49.4 Å². The molecule has 26 heavy (non-hydrogen) atoms. The van der Waals surface area contributed by atoms with Crippen LogP contribution in [0, 0.1) is 12.7 Å². The molecule has 2 aromatic carbocycles. The molecule has 136 valence electrons. The summed E-state index contributed by atoms with van der Waals surface area (Å²) in [7, 11) is 0. The highest BCUT2D eigenvalue weighted by Gasteiger charge is 2.32. The molecule has 1 saturated carbocycles. The van der Waals surface area contributed by atoms with Crippen LogP contribution in [0.2, 0.25) is 0 Å². The molecule has 0 heterocycles. The number of carbonyl (C=O) groups is 2. The molecule has 5 heteroatoms. The number of rotatable bonds is 7. The van der Waals surface area contributed by atoms with Gasteiger partial charge in [0.2, 0.25) is 5.91 Å². The SMILES string of the molecule is Cc1ccccc1C(=O)NCCC(=O)N(Cc1ccc(F)cc1)C1CC1. The lowest BCUT2D eigenvalue weighted by molar-refractivity contribution is -0.132. The van der Waals surface area contributed by atoms with Crippen LogP contribution in [0.3, 0.4) is 0 Å². The maximum atomic E-state index is 13.0. The van der Waals surface area contributed by atoms with Crippen molar-refractivity contribution >= 4 is 11.8 Å². The number of carbonyl (C=O) groups excluding carboxylic acids is 2. The van der Waals surface area contributed by atoms with Crippen LogP contribution >= 0.6 is 0 Å². The minimum absolute atomic E-state index is 0.0157. The summed E-state index contributed by atoms with van der Waals surface area (Å²) in [5.41, 5.74) is 2.45. The first kappa shape index (κ1) is 18.1. The zero-order valence-electron chi connectivity index (χ0n) is 14.9. The lowest BCUT2D eigenvalue weighted by atomic mass is 10.1. The van der Waals surface area contributed by atoms with Crippen molar-refractivity contribution in [3.8, 4) is 0 Å². The fraction of sp³-hybridized carbons (Fsp3) is 0.333. The molecule has 1 fully saturated rings. The molecule has 1 N–H and O–H groups in total. The molecule has 1 aliphatic rings. The summed E-state index contributed by atoms with van der Waals surface area (Å²) in [4.78, 5) is 26.6. The summed E-state index contributed by atoms with van der Waals surface area (Å²) in [5, 5.41) is 2.82. The molecule has 2 aromatic rings. The summed E-state index contributed by atoms with van der Waals surface area (Å²) in [6.07, 6.45) is 2.26. The van der Waals surface area contributed by atoms with E-state index in [2.05, 4.69) is 5.32 Å². The smallest absolute Gasteiger partial charge is 0.251 e. The predicted molar refractivity (Wildman–Crippen MR) is 98.1 cm³/mol. The van der Waals surface area contributed by atoms with Crippen LogP contribution in [0.4, 0.5) is 4.39 Å². The Labute approximate surface area is 153 Å². The molecule has 4 nitrogen and oxygen atoms in total. The molecule has 2 amide bonds. The summed E-state index contributed by atoms with van der Waals surface area (Å²) in [5.74, 6) is -0.425. The number of nitrogens with zero attached hydrogens (tertiary/aromatic N) is 1. The predicted octanol–water partition coefficient (Wildman–Crippen LogP) is 3.45. The molecular formula is C21H23FN2O2. The fourth-order valence-corrected chi connectivity index (χ4v) is 2.94. The number of benzene rings is 2. The van der Waals surface area contributed by atoms with Crippen molar-refractivity contribution in [1.82, 2.24) is 10.2 Å². The summed E-state index contributed by atoms with van der Waals surface area (Å²) in [6.45, 7) is 2.67. The molecule has 0 atom stereocenters. The molecule has 0 bridgehead atoms. The first-order valence-corrected chi connectivity index (χ1v) is 8.92. The monoisotopic (exact) mass is 354 g/mol. The molecule has 0 aromatic heterocycles. The van der Waals surface area contributed by atoms with Crippen LogP contribution in [-0.2, 0) is 11.3 Å². The van der Waals surface area contributed by atoms with Crippen molar-refractivity contribution < 1.29 is 14.0 Å². The first-order valence-electron chi connectivity index (χ1n) is 8.92. The fourth-order valence-electron chi connectivity index (χ4n) is 2.94. The second-order valence-electron chi connectivity index (χ2n) is 6.70. The Kier molecular flexibility index (Phi) is 5.66. The quantitative estimate of drug-likeness (QED) is 0.828. The van der Waals surface area contributed by atoms with Gasteiger partial charge in [0.1, 0.15) is 5.82 Å². The Hall–Kier alpha value is -2.69. The second-order valence-corrected chi connectivity index (χ2v) is 6.70. The van der Waals surface area contributed by atoms with E-state index in [0.29, 0.717) is 18.7 Å². The highest BCUT2D eigenvalue weighted by Crippen LogP contribution is 2.29. The van der Waals surface area contributed by atoms with E-state index < -0.39 is 0 Å². The molecule has 0 radical (unpaired) electrons. The van der Waals surface area contributed by atoms with Crippen molar-refractivity contribution in [2.24, 2.45) is 0 Å². The molecule has 1 aliphatic carbocycles. The third kappa shape index (κ3) is 4.69. The Morgan fingerprint density at radius 3 is 2.46 bits per heavy atom. The van der Waals surface area contributed by atoms with Gasteiger partial charge in [-0.05, 0) is 49.1 Å². The van der Waals surface area contributed by atoms with Gasteiger partial charge < -0.3 is 10.2 Å². The van der Waals surface area contributed by atoms with Gasteiger partial charge in [0, 0.05) is 31.1 Å². The number of halogens is 1. The van der Waals surface area contributed by atoms with E-state index in [0.717, 1.165) is 24.0 Å². The van der Waals surface area contributed by atoms with E-state index in [1.807, 2.05) is 30.0 Å². The van der Waals surface area contributed by atoms with E-state index in [1.165, 1.54) is 12.1 Å². The van der Waals surface area contributed by atoms with Gasteiger partial charge in [0.15, 0.2) is 0 Å². The Morgan fingerprint density at radius 2 is 1.81 bits per heavy atom. The molecular weight excluding hydrogens is 331 g/mol. The second kappa shape index (κ2) is 8.13. The number of nitrogens with one attached hydrogen (secondary N) is 1. The van der Waals surface area contributed by atoms with Crippen LogP contribution in [0.1, 0.15) is 40.7 Å². The Balaban J connectivity index is 1.53. The van der Waals surface area contributed by atoms with Crippen LogP contribution in [-0.4, -0.2) is 29.3 Å². The maximum Gasteiger partial charge on any atom is 0.251 e. The molecule has 0 spiro atoms. The van der Waals surface area contributed by atoms with Gasteiger partial charge in [-0.25, -0.2) is 4.39 Å². The number of hydrogen-bond acceptors (Lipinski definition) is 2. The van der Waals surface area contributed by atoms with Gasteiger partial charge in [0.05, 0.1) is 0 Å². The van der Waals surface area contributed by atoms with Gasteiger partial charge in [-0.1, -0.05) is 30.3 Å². The van der Waals surface area contributed by atoms with Gasteiger partial charge in [-0.2, -0.15) is 0 Å². The third-order valence-corrected chi connectivity index (χ3v) is 4.59.